The van der Waals surface area contributed by atoms with Crippen molar-refractivity contribution >= 4 is 21.7 Å². The summed E-state index contributed by atoms with van der Waals surface area (Å²) in [5.41, 5.74) is 0. The maximum Gasteiger partial charge on any atom is 0.471 e. The van der Waals surface area contributed by atoms with Gasteiger partial charge in [0.2, 0.25) is 5.91 Å². The lowest BCUT2D eigenvalue weighted by Crippen LogP contribution is -2.48. The molecule has 0 aromatic carbocycles. The van der Waals surface area contributed by atoms with E-state index in [-0.39, 0.29) is 25.9 Å². The Morgan fingerprint density at radius 1 is 1.25 bits per heavy atom. The zero-order chi connectivity index (χ0) is 15.6. The fraction of sp³-hybridized carbons (Fsp3) is 0.800. The summed E-state index contributed by atoms with van der Waals surface area (Å²) < 4.78 is 60.3. The summed E-state index contributed by atoms with van der Waals surface area (Å²) in [6.07, 6.45) is -5.14. The maximum atomic E-state index is 12.2. The number of amides is 2. The zero-order valence-electron chi connectivity index (χ0n) is 10.7. The molecule has 0 spiro atoms. The topological polar surface area (TPSA) is 83.6 Å². The molecule has 0 radical (unpaired) electrons. The molecule has 2 amide bonds. The van der Waals surface area contributed by atoms with Crippen LogP contribution in [0, 0.1) is 0 Å². The summed E-state index contributed by atoms with van der Waals surface area (Å²) in [6, 6.07) is 0. The minimum absolute atomic E-state index is 0.0961. The van der Waals surface area contributed by atoms with Crippen LogP contribution in [0.3, 0.4) is 0 Å². The second-order valence-electron chi connectivity index (χ2n) is 4.47. The van der Waals surface area contributed by atoms with Crippen molar-refractivity contribution in [1.29, 1.82) is 0 Å². The van der Waals surface area contributed by atoms with Gasteiger partial charge in [0.15, 0.2) is 9.84 Å². The predicted octanol–water partition coefficient (Wildman–Crippen LogP) is -0.299. The van der Waals surface area contributed by atoms with Gasteiger partial charge in [-0.25, -0.2) is 8.42 Å². The molecule has 0 aliphatic carbocycles. The van der Waals surface area contributed by atoms with Crippen LogP contribution in [-0.4, -0.2) is 62.4 Å². The Bertz CT molecular complexity index is 481. The number of carbonyl (C=O) groups is 2. The number of hydrogen-bond acceptors (Lipinski definition) is 4. The van der Waals surface area contributed by atoms with Gasteiger partial charge in [-0.05, 0) is 12.8 Å². The number of halogens is 3. The van der Waals surface area contributed by atoms with E-state index in [1.165, 1.54) is 7.05 Å². The van der Waals surface area contributed by atoms with Crippen molar-refractivity contribution in [1.82, 2.24) is 10.2 Å². The van der Waals surface area contributed by atoms with Crippen LogP contribution in [0.4, 0.5) is 13.2 Å². The average molecular weight is 316 g/mol. The van der Waals surface area contributed by atoms with Gasteiger partial charge in [-0.3, -0.25) is 9.59 Å². The first-order valence-corrected chi connectivity index (χ1v) is 7.57. The highest BCUT2D eigenvalue weighted by Crippen LogP contribution is 2.24. The minimum atomic E-state index is -4.95. The Kier molecular flexibility index (Phi) is 5.00. The molecule has 0 unspecified atom stereocenters. The first kappa shape index (κ1) is 16.7. The molecule has 1 fully saturated rings. The molecule has 116 valence electrons. The maximum absolute atomic E-state index is 12.2. The van der Waals surface area contributed by atoms with Crippen LogP contribution >= 0.6 is 0 Å². The first-order valence-electron chi connectivity index (χ1n) is 5.86. The molecular formula is C10H15F3N2O4S. The fourth-order valence-electron chi connectivity index (χ4n) is 1.97. The van der Waals surface area contributed by atoms with Crippen molar-refractivity contribution in [3.63, 3.8) is 0 Å². The Hall–Kier alpha value is -1.32. The highest BCUT2D eigenvalue weighted by atomic mass is 32.2. The monoisotopic (exact) mass is 316 g/mol. The quantitative estimate of drug-likeness (QED) is 0.775. The molecule has 0 atom stereocenters. The molecule has 1 aliphatic rings. The standard InChI is InChI=1S/C10H15F3N2O4S/c1-14-8(16)6-20(18,19)7-2-4-15(5-3-7)9(17)10(11,12)13/h7H,2-6H2,1H3,(H,14,16). The summed E-state index contributed by atoms with van der Waals surface area (Å²) in [6.45, 7) is -0.564. The van der Waals surface area contributed by atoms with E-state index in [1.807, 2.05) is 0 Å². The van der Waals surface area contributed by atoms with Crippen molar-refractivity contribution in [3.05, 3.63) is 0 Å². The van der Waals surface area contributed by atoms with Crippen LogP contribution in [0.2, 0.25) is 0 Å². The molecule has 1 rings (SSSR count). The van der Waals surface area contributed by atoms with Gasteiger partial charge in [0.25, 0.3) is 0 Å². The summed E-state index contributed by atoms with van der Waals surface area (Å²) in [5, 5.41) is 1.28. The Morgan fingerprint density at radius 2 is 1.75 bits per heavy atom. The number of sulfone groups is 1. The van der Waals surface area contributed by atoms with E-state index in [1.54, 1.807) is 0 Å². The second-order valence-corrected chi connectivity index (χ2v) is 6.75. The van der Waals surface area contributed by atoms with Gasteiger partial charge in [0.05, 0.1) is 5.25 Å². The third kappa shape index (κ3) is 4.09. The number of hydrogen-bond donors (Lipinski definition) is 1. The average Bonchev–Trinajstić information content (AvgIpc) is 2.36. The molecule has 1 aliphatic heterocycles. The van der Waals surface area contributed by atoms with Gasteiger partial charge in [-0.1, -0.05) is 0 Å². The highest BCUT2D eigenvalue weighted by molar-refractivity contribution is 7.92. The number of alkyl halides is 3. The molecule has 1 heterocycles. The molecule has 6 nitrogen and oxygen atoms in total. The van der Waals surface area contributed by atoms with Gasteiger partial charge in [-0.2, -0.15) is 13.2 Å². The van der Waals surface area contributed by atoms with Crippen LogP contribution in [0.25, 0.3) is 0 Å². The van der Waals surface area contributed by atoms with Crippen molar-refractivity contribution in [3.8, 4) is 0 Å². The molecule has 10 heteroatoms. The number of nitrogens with zero attached hydrogens (tertiary/aromatic N) is 1. The highest BCUT2D eigenvalue weighted by Gasteiger charge is 2.44. The first-order chi connectivity index (χ1) is 9.08. The number of likely N-dealkylation sites (tertiary alicyclic amines) is 1. The molecule has 1 saturated heterocycles. The van der Waals surface area contributed by atoms with Crippen molar-refractivity contribution in [2.75, 3.05) is 25.9 Å². The van der Waals surface area contributed by atoms with E-state index in [0.717, 1.165) is 0 Å². The smallest absolute Gasteiger partial charge is 0.358 e. The van der Waals surface area contributed by atoms with E-state index in [0.29, 0.717) is 4.90 Å². The molecular weight excluding hydrogens is 301 g/mol. The molecule has 0 aromatic heterocycles. The third-order valence-corrected chi connectivity index (χ3v) is 5.24. The lowest BCUT2D eigenvalue weighted by molar-refractivity contribution is -0.186. The van der Waals surface area contributed by atoms with Gasteiger partial charge in [0, 0.05) is 20.1 Å². The molecule has 0 saturated carbocycles. The second kappa shape index (κ2) is 5.98. The Morgan fingerprint density at radius 3 is 2.15 bits per heavy atom. The van der Waals surface area contributed by atoms with Gasteiger partial charge < -0.3 is 10.2 Å². The molecule has 20 heavy (non-hydrogen) atoms. The van der Waals surface area contributed by atoms with E-state index in [4.69, 9.17) is 0 Å². The van der Waals surface area contributed by atoms with Crippen LogP contribution in [-0.2, 0) is 19.4 Å². The number of nitrogens with one attached hydrogen (secondary N) is 1. The van der Waals surface area contributed by atoms with Crippen molar-refractivity contribution < 1.29 is 31.2 Å². The van der Waals surface area contributed by atoms with Gasteiger partial charge >= 0.3 is 12.1 Å². The molecule has 0 bridgehead atoms. The van der Waals surface area contributed by atoms with Gasteiger partial charge in [-0.15, -0.1) is 0 Å². The lowest BCUT2D eigenvalue weighted by Gasteiger charge is -2.31. The van der Waals surface area contributed by atoms with E-state index in [9.17, 15) is 31.2 Å². The van der Waals surface area contributed by atoms with Crippen molar-refractivity contribution in [2.24, 2.45) is 0 Å². The van der Waals surface area contributed by atoms with Crippen molar-refractivity contribution in [2.45, 2.75) is 24.3 Å². The van der Waals surface area contributed by atoms with E-state index < -0.39 is 38.8 Å². The summed E-state index contributed by atoms with van der Waals surface area (Å²) in [4.78, 5) is 22.6. The largest absolute Gasteiger partial charge is 0.471 e. The molecule has 0 aromatic rings. The number of rotatable bonds is 3. The van der Waals surface area contributed by atoms with Gasteiger partial charge in [0.1, 0.15) is 5.75 Å². The minimum Gasteiger partial charge on any atom is -0.358 e. The van der Waals surface area contributed by atoms with Crippen LogP contribution in [0.5, 0.6) is 0 Å². The van der Waals surface area contributed by atoms with Crippen LogP contribution in [0.15, 0.2) is 0 Å². The normalized spacial score (nSPS) is 17.9. The predicted molar refractivity (Wildman–Crippen MR) is 63.5 cm³/mol. The summed E-state index contributed by atoms with van der Waals surface area (Å²) in [5.74, 6) is -3.32. The van der Waals surface area contributed by atoms with E-state index in [2.05, 4.69) is 5.32 Å². The number of carbonyl (C=O) groups excluding carboxylic acids is 2. The van der Waals surface area contributed by atoms with Crippen LogP contribution in [0.1, 0.15) is 12.8 Å². The Balaban J connectivity index is 2.63. The summed E-state index contributed by atoms with van der Waals surface area (Å²) in [7, 11) is -2.42. The third-order valence-electron chi connectivity index (χ3n) is 3.09. The fourth-order valence-corrected chi connectivity index (χ4v) is 3.64. The molecule has 1 N–H and O–H groups in total. The lowest BCUT2D eigenvalue weighted by atomic mass is 10.1. The number of piperidine rings is 1. The Labute approximate surface area is 114 Å². The van der Waals surface area contributed by atoms with Crippen LogP contribution < -0.4 is 5.32 Å². The van der Waals surface area contributed by atoms with E-state index >= 15 is 0 Å². The SMILES string of the molecule is CNC(=O)CS(=O)(=O)C1CCN(C(=O)C(F)(F)F)CC1. The summed E-state index contributed by atoms with van der Waals surface area (Å²) >= 11 is 0. The zero-order valence-corrected chi connectivity index (χ0v) is 11.6.